The van der Waals surface area contributed by atoms with Gasteiger partial charge in [0.05, 0.1) is 4.90 Å². The van der Waals surface area contributed by atoms with Crippen molar-refractivity contribution < 1.29 is 13.2 Å². The zero-order valence-electron chi connectivity index (χ0n) is 12.1. The second kappa shape index (κ2) is 6.34. The average molecular weight is 310 g/mol. The molecule has 0 amide bonds. The van der Waals surface area contributed by atoms with Gasteiger partial charge in [0.2, 0.25) is 10.0 Å². The monoisotopic (exact) mass is 310 g/mol. The smallest absolute Gasteiger partial charge is 0.240 e. The Morgan fingerprint density at radius 1 is 1.38 bits per heavy atom. The van der Waals surface area contributed by atoms with E-state index in [1.54, 1.807) is 12.1 Å². The van der Waals surface area contributed by atoms with Crippen molar-refractivity contribution in [3.05, 3.63) is 23.8 Å². The van der Waals surface area contributed by atoms with Crippen molar-refractivity contribution in [2.45, 2.75) is 30.6 Å². The van der Waals surface area contributed by atoms with Gasteiger partial charge in [-0.25, -0.2) is 13.1 Å². The highest BCUT2D eigenvalue weighted by Crippen LogP contribution is 2.28. The molecule has 1 aromatic carbocycles. The Morgan fingerprint density at radius 3 is 3.10 bits per heavy atom. The lowest BCUT2D eigenvalue weighted by atomic mass is 10.0. The van der Waals surface area contributed by atoms with Crippen molar-refractivity contribution in [1.29, 1.82) is 0 Å². The minimum absolute atomic E-state index is 0.426. The Morgan fingerprint density at radius 2 is 2.29 bits per heavy atom. The first kappa shape index (κ1) is 14.8. The highest BCUT2D eigenvalue weighted by Gasteiger charge is 2.23. The van der Waals surface area contributed by atoms with Crippen LogP contribution in [0.1, 0.15) is 24.8 Å². The van der Waals surface area contributed by atoms with Gasteiger partial charge in [-0.1, -0.05) is 6.07 Å². The summed E-state index contributed by atoms with van der Waals surface area (Å²) in [4.78, 5) is 0.426. The fourth-order valence-corrected chi connectivity index (χ4v) is 4.35. The van der Waals surface area contributed by atoms with Crippen molar-refractivity contribution in [2.24, 2.45) is 5.92 Å². The maximum Gasteiger partial charge on any atom is 0.240 e. The fourth-order valence-electron chi connectivity index (χ4n) is 3.02. The van der Waals surface area contributed by atoms with E-state index in [0.29, 0.717) is 17.4 Å². The van der Waals surface area contributed by atoms with Crippen molar-refractivity contribution in [3.8, 4) is 0 Å². The first-order valence-electron chi connectivity index (χ1n) is 7.60. The van der Waals surface area contributed by atoms with E-state index in [1.807, 2.05) is 6.07 Å². The van der Waals surface area contributed by atoms with Crippen LogP contribution >= 0.6 is 0 Å². The molecule has 2 aliphatic rings. The molecule has 1 atom stereocenters. The standard InChI is InChI=1S/C15H22N2O3S/c18-21(19,17-9-6-12-7-10-20-11-12)15-5-1-4-14-13(15)3-2-8-16-14/h1,4-5,12,16-17H,2-3,6-11H2. The first-order valence-corrected chi connectivity index (χ1v) is 9.08. The molecular formula is C15H22N2O3S. The SMILES string of the molecule is O=S(=O)(NCCC1CCOC1)c1cccc2c1CCCN2. The molecule has 1 saturated heterocycles. The third-order valence-electron chi connectivity index (χ3n) is 4.21. The number of rotatable bonds is 5. The van der Waals surface area contributed by atoms with Gasteiger partial charge in [0.15, 0.2) is 0 Å². The van der Waals surface area contributed by atoms with Crippen LogP contribution in [-0.4, -0.2) is 34.7 Å². The van der Waals surface area contributed by atoms with Crippen LogP contribution in [0, 0.1) is 5.92 Å². The summed E-state index contributed by atoms with van der Waals surface area (Å²) in [6.07, 6.45) is 3.66. The molecule has 21 heavy (non-hydrogen) atoms. The summed E-state index contributed by atoms with van der Waals surface area (Å²) in [5, 5.41) is 3.27. The molecule has 1 fully saturated rings. The second-order valence-corrected chi connectivity index (χ2v) is 7.46. The van der Waals surface area contributed by atoms with Gasteiger partial charge in [0.25, 0.3) is 0 Å². The molecule has 116 valence electrons. The van der Waals surface area contributed by atoms with Gasteiger partial charge < -0.3 is 10.1 Å². The molecule has 2 aliphatic heterocycles. The maximum atomic E-state index is 12.5. The predicted octanol–water partition coefficient (Wildman–Crippen LogP) is 1.75. The summed E-state index contributed by atoms with van der Waals surface area (Å²) in [7, 11) is -3.42. The van der Waals surface area contributed by atoms with Crippen LogP contribution in [-0.2, 0) is 21.2 Å². The van der Waals surface area contributed by atoms with Gasteiger partial charge in [0, 0.05) is 32.0 Å². The van der Waals surface area contributed by atoms with Crippen molar-refractivity contribution in [2.75, 3.05) is 31.6 Å². The largest absolute Gasteiger partial charge is 0.385 e. The van der Waals surface area contributed by atoms with Crippen LogP contribution in [0.5, 0.6) is 0 Å². The molecule has 1 aromatic rings. The fraction of sp³-hybridized carbons (Fsp3) is 0.600. The molecule has 0 aliphatic carbocycles. The van der Waals surface area contributed by atoms with E-state index in [2.05, 4.69) is 10.0 Å². The zero-order valence-corrected chi connectivity index (χ0v) is 12.9. The molecule has 0 spiro atoms. The van der Waals surface area contributed by atoms with E-state index >= 15 is 0 Å². The molecule has 1 unspecified atom stereocenters. The molecular weight excluding hydrogens is 288 g/mol. The van der Waals surface area contributed by atoms with E-state index in [0.717, 1.165) is 56.7 Å². The van der Waals surface area contributed by atoms with Gasteiger partial charge in [0.1, 0.15) is 0 Å². The first-order chi connectivity index (χ1) is 10.2. The number of sulfonamides is 1. The third-order valence-corrected chi connectivity index (χ3v) is 5.76. The Kier molecular flexibility index (Phi) is 4.47. The van der Waals surface area contributed by atoms with Gasteiger partial charge >= 0.3 is 0 Å². The van der Waals surface area contributed by atoms with E-state index in [4.69, 9.17) is 4.74 Å². The Balaban J connectivity index is 1.69. The number of benzene rings is 1. The van der Waals surface area contributed by atoms with Gasteiger partial charge in [-0.2, -0.15) is 0 Å². The molecule has 5 nitrogen and oxygen atoms in total. The summed E-state index contributed by atoms with van der Waals surface area (Å²) in [5.74, 6) is 0.485. The molecule has 6 heteroatoms. The van der Waals surface area contributed by atoms with E-state index < -0.39 is 10.0 Å². The Hall–Kier alpha value is -1.11. The van der Waals surface area contributed by atoms with Crippen LogP contribution in [0.15, 0.2) is 23.1 Å². The quantitative estimate of drug-likeness (QED) is 0.869. The lowest BCUT2D eigenvalue weighted by Crippen LogP contribution is -2.28. The summed E-state index contributed by atoms with van der Waals surface area (Å²) < 4.78 is 33.1. The predicted molar refractivity (Wildman–Crippen MR) is 82.0 cm³/mol. The van der Waals surface area contributed by atoms with Crippen LogP contribution < -0.4 is 10.0 Å². The maximum absolute atomic E-state index is 12.5. The van der Waals surface area contributed by atoms with Crippen LogP contribution in [0.3, 0.4) is 0 Å². The van der Waals surface area contributed by atoms with E-state index in [1.165, 1.54) is 0 Å². The van der Waals surface area contributed by atoms with Gasteiger partial charge in [-0.15, -0.1) is 0 Å². The highest BCUT2D eigenvalue weighted by molar-refractivity contribution is 7.89. The number of nitrogens with one attached hydrogen (secondary N) is 2. The number of anilines is 1. The molecule has 2 heterocycles. The van der Waals surface area contributed by atoms with Crippen molar-refractivity contribution >= 4 is 15.7 Å². The molecule has 0 radical (unpaired) electrons. The van der Waals surface area contributed by atoms with Crippen LogP contribution in [0.4, 0.5) is 5.69 Å². The summed E-state index contributed by atoms with van der Waals surface area (Å²) in [5.41, 5.74) is 1.87. The summed E-state index contributed by atoms with van der Waals surface area (Å²) in [6, 6.07) is 5.45. The number of ether oxygens (including phenoxy) is 1. The van der Waals surface area contributed by atoms with E-state index in [9.17, 15) is 8.42 Å². The van der Waals surface area contributed by atoms with Crippen molar-refractivity contribution in [1.82, 2.24) is 4.72 Å². The highest BCUT2D eigenvalue weighted by atomic mass is 32.2. The van der Waals surface area contributed by atoms with Gasteiger partial charge in [-0.05, 0) is 49.3 Å². The second-order valence-electron chi connectivity index (χ2n) is 5.73. The van der Waals surface area contributed by atoms with E-state index in [-0.39, 0.29) is 0 Å². The zero-order chi connectivity index (χ0) is 14.7. The lowest BCUT2D eigenvalue weighted by Gasteiger charge is -2.21. The number of hydrogen-bond acceptors (Lipinski definition) is 4. The minimum Gasteiger partial charge on any atom is -0.385 e. The van der Waals surface area contributed by atoms with Crippen molar-refractivity contribution in [3.63, 3.8) is 0 Å². The van der Waals surface area contributed by atoms with Gasteiger partial charge in [-0.3, -0.25) is 0 Å². The summed E-state index contributed by atoms with van der Waals surface area (Å²) in [6.45, 7) is 2.95. The topological polar surface area (TPSA) is 67.4 Å². The number of fused-ring (bicyclic) bond motifs is 1. The summed E-state index contributed by atoms with van der Waals surface area (Å²) >= 11 is 0. The average Bonchev–Trinajstić information content (AvgIpc) is 3.00. The normalized spacial score (nSPS) is 21.8. The minimum atomic E-state index is -3.42. The Labute approximate surface area is 126 Å². The molecule has 0 aromatic heterocycles. The molecule has 3 rings (SSSR count). The third kappa shape index (κ3) is 3.39. The lowest BCUT2D eigenvalue weighted by molar-refractivity contribution is 0.184. The van der Waals surface area contributed by atoms with Crippen LogP contribution in [0.25, 0.3) is 0 Å². The molecule has 0 saturated carbocycles. The molecule has 2 N–H and O–H groups in total. The Bertz CT molecular complexity index is 595. The number of hydrogen-bond donors (Lipinski definition) is 2. The molecule has 0 bridgehead atoms. The van der Waals surface area contributed by atoms with Crippen LogP contribution in [0.2, 0.25) is 0 Å².